The number of Topliss-reactive ketones (excluding diaryl/α,β-unsaturated/α-hetero) is 1. The van der Waals surface area contributed by atoms with Crippen LogP contribution in [-0.2, 0) is 4.74 Å². The molecular weight excluding hydrogens is 314 g/mol. The predicted molar refractivity (Wildman–Crippen MR) is 79.6 cm³/mol. The Morgan fingerprint density at radius 2 is 2.33 bits per heavy atom. The number of carbonyl (C=O) groups excluding carboxylic acids is 1. The van der Waals surface area contributed by atoms with Gasteiger partial charge in [-0.15, -0.1) is 11.3 Å². The molecule has 0 saturated carbocycles. The Balaban J connectivity index is 2.65. The van der Waals surface area contributed by atoms with Gasteiger partial charge in [-0.1, -0.05) is 6.92 Å². The molecule has 0 aliphatic rings. The van der Waals surface area contributed by atoms with Crippen molar-refractivity contribution in [2.45, 2.75) is 26.3 Å². The largest absolute Gasteiger partial charge is 0.383 e. The highest BCUT2D eigenvalue weighted by Gasteiger charge is 2.19. The molecule has 5 heteroatoms. The van der Waals surface area contributed by atoms with Crippen molar-refractivity contribution in [2.24, 2.45) is 0 Å². The standard InChI is InChI=1S/C13H20BrNO2S/c1-4-10(2)15(6-7-17-3)9-12(16)13-11(14)5-8-18-13/h5,8,10H,4,6-7,9H2,1-3H3. The molecule has 0 saturated heterocycles. The lowest BCUT2D eigenvalue weighted by molar-refractivity contribution is 0.0837. The van der Waals surface area contributed by atoms with E-state index >= 15 is 0 Å². The number of rotatable bonds is 8. The molecule has 0 bridgehead atoms. The topological polar surface area (TPSA) is 29.5 Å². The second kappa shape index (κ2) is 8.04. The third-order valence-corrected chi connectivity index (χ3v) is 4.89. The maximum Gasteiger partial charge on any atom is 0.187 e. The summed E-state index contributed by atoms with van der Waals surface area (Å²) in [4.78, 5) is 15.2. The van der Waals surface area contributed by atoms with E-state index in [4.69, 9.17) is 4.74 Å². The second-order valence-electron chi connectivity index (χ2n) is 4.24. The Kier molecular flexibility index (Phi) is 7.07. The molecule has 0 N–H and O–H groups in total. The molecule has 1 heterocycles. The normalized spacial score (nSPS) is 12.9. The number of ether oxygens (including phenoxy) is 1. The van der Waals surface area contributed by atoms with Crippen molar-refractivity contribution in [3.63, 3.8) is 0 Å². The van der Waals surface area contributed by atoms with Crippen LogP contribution >= 0.6 is 27.3 Å². The van der Waals surface area contributed by atoms with Gasteiger partial charge in [-0.3, -0.25) is 9.69 Å². The number of methoxy groups -OCH3 is 1. The first-order valence-electron chi connectivity index (χ1n) is 6.09. The molecule has 3 nitrogen and oxygen atoms in total. The molecule has 0 aliphatic carbocycles. The molecule has 0 aromatic carbocycles. The summed E-state index contributed by atoms with van der Waals surface area (Å²) in [7, 11) is 1.69. The van der Waals surface area contributed by atoms with Crippen LogP contribution in [-0.4, -0.2) is 43.5 Å². The van der Waals surface area contributed by atoms with E-state index in [1.807, 2.05) is 11.4 Å². The van der Waals surface area contributed by atoms with E-state index in [0.29, 0.717) is 19.2 Å². The van der Waals surface area contributed by atoms with Crippen molar-refractivity contribution in [1.82, 2.24) is 4.90 Å². The van der Waals surface area contributed by atoms with Crippen LogP contribution in [0.15, 0.2) is 15.9 Å². The molecule has 1 atom stereocenters. The van der Waals surface area contributed by atoms with Crippen molar-refractivity contribution >= 4 is 33.0 Å². The first-order chi connectivity index (χ1) is 8.60. The van der Waals surface area contributed by atoms with Crippen LogP contribution < -0.4 is 0 Å². The SMILES string of the molecule is CCC(C)N(CCOC)CC(=O)c1sccc1Br. The number of halogens is 1. The van der Waals surface area contributed by atoms with Gasteiger partial charge in [0, 0.05) is 24.2 Å². The second-order valence-corrected chi connectivity index (χ2v) is 6.01. The van der Waals surface area contributed by atoms with E-state index in [0.717, 1.165) is 22.3 Å². The van der Waals surface area contributed by atoms with Gasteiger partial charge in [0.2, 0.25) is 0 Å². The quantitative estimate of drug-likeness (QED) is 0.682. The van der Waals surface area contributed by atoms with Crippen LogP contribution in [0.1, 0.15) is 29.9 Å². The number of carbonyl (C=O) groups is 1. The lowest BCUT2D eigenvalue weighted by atomic mass is 10.2. The van der Waals surface area contributed by atoms with Crippen LogP contribution in [0.5, 0.6) is 0 Å². The van der Waals surface area contributed by atoms with Crippen molar-refractivity contribution in [2.75, 3.05) is 26.8 Å². The summed E-state index contributed by atoms with van der Waals surface area (Å²) in [6.07, 6.45) is 1.03. The minimum absolute atomic E-state index is 0.174. The minimum atomic E-state index is 0.174. The van der Waals surface area contributed by atoms with Crippen molar-refractivity contribution in [1.29, 1.82) is 0 Å². The molecule has 1 aromatic rings. The van der Waals surface area contributed by atoms with Gasteiger partial charge in [0.05, 0.1) is 18.0 Å². The molecule has 1 aromatic heterocycles. The van der Waals surface area contributed by atoms with Gasteiger partial charge in [-0.2, -0.15) is 0 Å². The average molecular weight is 334 g/mol. The lowest BCUT2D eigenvalue weighted by Gasteiger charge is -2.27. The summed E-state index contributed by atoms with van der Waals surface area (Å²) in [5.41, 5.74) is 0. The molecule has 0 radical (unpaired) electrons. The van der Waals surface area contributed by atoms with E-state index in [1.165, 1.54) is 11.3 Å². The van der Waals surface area contributed by atoms with Crippen LogP contribution in [0.3, 0.4) is 0 Å². The van der Waals surface area contributed by atoms with Crippen LogP contribution in [0, 0.1) is 0 Å². The third kappa shape index (κ3) is 4.46. The van der Waals surface area contributed by atoms with Crippen LogP contribution in [0.25, 0.3) is 0 Å². The highest BCUT2D eigenvalue weighted by Crippen LogP contribution is 2.23. The molecule has 0 amide bonds. The fourth-order valence-electron chi connectivity index (χ4n) is 1.67. The lowest BCUT2D eigenvalue weighted by Crippen LogP contribution is -2.39. The zero-order valence-electron chi connectivity index (χ0n) is 11.1. The highest BCUT2D eigenvalue weighted by molar-refractivity contribution is 9.10. The Hall–Kier alpha value is -0.230. The summed E-state index contributed by atoms with van der Waals surface area (Å²) in [6, 6.07) is 2.31. The summed E-state index contributed by atoms with van der Waals surface area (Å²) < 4.78 is 6.00. The Labute approximate surface area is 121 Å². The molecule has 102 valence electrons. The number of ketones is 1. The summed E-state index contributed by atoms with van der Waals surface area (Å²) in [5.74, 6) is 0.174. The van der Waals surface area contributed by atoms with Gasteiger partial charge < -0.3 is 4.74 Å². The number of hydrogen-bond acceptors (Lipinski definition) is 4. The Morgan fingerprint density at radius 1 is 1.61 bits per heavy atom. The summed E-state index contributed by atoms with van der Waals surface area (Å²) in [6.45, 7) is 6.18. The summed E-state index contributed by atoms with van der Waals surface area (Å²) >= 11 is 4.90. The predicted octanol–water partition coefficient (Wildman–Crippen LogP) is 3.44. The third-order valence-electron chi connectivity index (χ3n) is 3.01. The minimum Gasteiger partial charge on any atom is -0.383 e. The maximum atomic E-state index is 12.2. The van der Waals surface area contributed by atoms with Crippen molar-refractivity contribution in [3.8, 4) is 0 Å². The molecule has 0 spiro atoms. The van der Waals surface area contributed by atoms with Gasteiger partial charge in [0.15, 0.2) is 5.78 Å². The fraction of sp³-hybridized carbons (Fsp3) is 0.615. The van der Waals surface area contributed by atoms with E-state index in [9.17, 15) is 4.79 Å². The van der Waals surface area contributed by atoms with Crippen molar-refractivity contribution < 1.29 is 9.53 Å². The fourth-order valence-corrected chi connectivity index (χ4v) is 3.20. The maximum absolute atomic E-state index is 12.2. The van der Waals surface area contributed by atoms with Gasteiger partial charge >= 0.3 is 0 Å². The van der Waals surface area contributed by atoms with Crippen molar-refractivity contribution in [3.05, 3.63) is 20.8 Å². The zero-order valence-corrected chi connectivity index (χ0v) is 13.5. The first-order valence-corrected chi connectivity index (χ1v) is 7.76. The number of thiophene rings is 1. The van der Waals surface area contributed by atoms with Gasteiger partial charge in [0.25, 0.3) is 0 Å². The molecule has 0 fully saturated rings. The summed E-state index contributed by atoms with van der Waals surface area (Å²) in [5, 5.41) is 1.93. The Morgan fingerprint density at radius 3 is 2.83 bits per heavy atom. The van der Waals surface area contributed by atoms with E-state index in [-0.39, 0.29) is 5.78 Å². The Bertz CT molecular complexity index is 381. The molecule has 18 heavy (non-hydrogen) atoms. The molecule has 1 unspecified atom stereocenters. The van der Waals surface area contributed by atoms with E-state index in [1.54, 1.807) is 7.11 Å². The number of nitrogens with zero attached hydrogens (tertiary/aromatic N) is 1. The average Bonchev–Trinajstić information content (AvgIpc) is 2.79. The zero-order chi connectivity index (χ0) is 13.5. The van der Waals surface area contributed by atoms with Gasteiger partial charge in [-0.25, -0.2) is 0 Å². The molecular formula is C13H20BrNO2S. The smallest absolute Gasteiger partial charge is 0.187 e. The van der Waals surface area contributed by atoms with Crippen LogP contribution in [0.4, 0.5) is 0 Å². The van der Waals surface area contributed by atoms with E-state index < -0.39 is 0 Å². The highest BCUT2D eigenvalue weighted by atomic mass is 79.9. The van der Waals surface area contributed by atoms with E-state index in [2.05, 4.69) is 34.7 Å². The first kappa shape index (κ1) is 15.8. The molecule has 1 rings (SSSR count). The van der Waals surface area contributed by atoms with Gasteiger partial charge in [-0.05, 0) is 40.7 Å². The van der Waals surface area contributed by atoms with Crippen LogP contribution in [0.2, 0.25) is 0 Å². The molecule has 0 aliphatic heterocycles. The van der Waals surface area contributed by atoms with Gasteiger partial charge in [0.1, 0.15) is 0 Å². The monoisotopic (exact) mass is 333 g/mol. The number of hydrogen-bond donors (Lipinski definition) is 0.